The Labute approximate surface area is 30.3 Å². The molecule has 0 saturated heterocycles. The lowest BCUT2D eigenvalue weighted by Crippen LogP contribution is -1.68. The molecule has 28 valence electrons. The van der Waals surface area contributed by atoms with E-state index in [1.807, 2.05) is 0 Å². The molecule has 0 bridgehead atoms. The summed E-state index contributed by atoms with van der Waals surface area (Å²) in [5, 5.41) is 2.65. The summed E-state index contributed by atoms with van der Waals surface area (Å²) in [6.07, 6.45) is 0. The first-order valence-corrected chi connectivity index (χ1v) is 1.61. The van der Waals surface area contributed by atoms with Crippen molar-refractivity contribution in [2.45, 2.75) is 0 Å². The van der Waals surface area contributed by atoms with Gasteiger partial charge in [0.25, 0.3) is 0 Å². The lowest BCUT2D eigenvalue weighted by atomic mass is 12.8. The van der Waals surface area contributed by atoms with Gasteiger partial charge in [-0.15, -0.1) is 0 Å². The molecule has 5 heteroatoms. The molecule has 0 rings (SSSR count). The van der Waals surface area contributed by atoms with Crippen molar-refractivity contribution in [3.8, 4) is 0 Å². The largest absolute Gasteiger partial charge is 0.325 e. The zero-order valence-corrected chi connectivity index (χ0v) is 3.22. The summed E-state index contributed by atoms with van der Waals surface area (Å²) in [6.45, 7) is 0. The van der Waals surface area contributed by atoms with E-state index in [-0.39, 0.29) is 8.61 Å². The summed E-state index contributed by atoms with van der Waals surface area (Å²) < 4.78 is 9.16. The minimum Gasteiger partial charge on any atom is -0.304 e. The highest BCUT2D eigenvalue weighted by Crippen LogP contribution is 1.87. The Morgan fingerprint density at radius 3 is 2.40 bits per heavy atom. The van der Waals surface area contributed by atoms with Gasteiger partial charge in [-0.05, 0) is 0 Å². The molecule has 0 spiro atoms. The number of hydrogen-bond donors (Lipinski definition) is 1. The van der Waals surface area contributed by atoms with Crippen molar-refractivity contribution < 1.29 is 4.57 Å². The third-order valence-electron chi connectivity index (χ3n) is 0.0882. The molecule has 0 aliphatic heterocycles. The second kappa shape index (κ2) is 3.50. The second-order valence-corrected chi connectivity index (χ2v) is 0.629. The molecule has 0 fully saturated rings. The molecular formula is H2N3OP. The lowest BCUT2D eigenvalue weighted by Gasteiger charge is -1.53. The van der Waals surface area contributed by atoms with Gasteiger partial charge in [-0.3, -0.25) is 0 Å². The standard InChI is InChI=1S/H2N3OP/c1-2-3-5-4/h(H2,1,3,4). The van der Waals surface area contributed by atoms with E-state index in [1.165, 1.54) is 0 Å². The van der Waals surface area contributed by atoms with Crippen LogP contribution in [0.2, 0.25) is 0 Å². The minimum atomic E-state index is -0.387. The quantitative estimate of drug-likeness (QED) is 0.221. The first-order valence-electron chi connectivity index (χ1n) is 0.841. The fourth-order valence-corrected chi connectivity index (χ4v) is 0.0632. The Morgan fingerprint density at radius 2 is 2.40 bits per heavy atom. The van der Waals surface area contributed by atoms with E-state index in [0.717, 1.165) is 0 Å². The predicted molar refractivity (Wildman–Crippen MR) is 16.6 cm³/mol. The van der Waals surface area contributed by atoms with Gasteiger partial charge < -0.3 is 5.84 Å². The van der Waals surface area contributed by atoms with Crippen molar-refractivity contribution in [1.29, 1.82) is 0 Å². The third-order valence-corrected chi connectivity index (χ3v) is 0.264. The van der Waals surface area contributed by atoms with E-state index < -0.39 is 0 Å². The van der Waals surface area contributed by atoms with Gasteiger partial charge >= 0.3 is 8.61 Å². The first-order chi connectivity index (χ1) is 2.41. The molecule has 0 heterocycles. The summed E-state index contributed by atoms with van der Waals surface area (Å²) in [6, 6.07) is 0. The Hall–Kier alpha value is -0.500. The van der Waals surface area contributed by atoms with Crippen LogP contribution in [0.1, 0.15) is 0 Å². The average molecular weight is 91.0 g/mol. The number of rotatable bonds is 1. The number of hydrogen-bond acceptors (Lipinski definition) is 2. The van der Waals surface area contributed by atoms with Gasteiger partial charge in [0.2, 0.25) is 0 Å². The second-order valence-electron chi connectivity index (χ2n) is 0.287. The molecular weight excluding hydrogens is 89.0 g/mol. The summed E-state index contributed by atoms with van der Waals surface area (Å²) >= 11 is 0. The minimum absolute atomic E-state index is 0.387. The first kappa shape index (κ1) is 4.50. The maximum Gasteiger partial charge on any atom is 0.325 e. The van der Waals surface area contributed by atoms with Crippen molar-refractivity contribution in [1.82, 2.24) is 0 Å². The topological polar surface area (TPSA) is 67.8 Å². The highest BCUT2D eigenvalue weighted by molar-refractivity contribution is 7.21. The van der Waals surface area contributed by atoms with Crippen LogP contribution in [0.4, 0.5) is 0 Å². The molecule has 0 aliphatic carbocycles. The molecule has 0 aliphatic rings. The van der Waals surface area contributed by atoms with Crippen LogP contribution in [0.25, 0.3) is 0 Å². The van der Waals surface area contributed by atoms with Crippen molar-refractivity contribution in [3.63, 3.8) is 0 Å². The Balaban J connectivity index is 2.92. The van der Waals surface area contributed by atoms with E-state index in [2.05, 4.69) is 16.0 Å². The SMILES string of the molecule is NN=NP=O. The van der Waals surface area contributed by atoms with Crippen molar-refractivity contribution in [2.24, 2.45) is 16.0 Å². The fraction of sp³-hybridized carbons (Fsp3) is 0. The van der Waals surface area contributed by atoms with Crippen LogP contribution in [0, 0.1) is 0 Å². The van der Waals surface area contributed by atoms with Crippen LogP contribution < -0.4 is 5.84 Å². The molecule has 0 aromatic carbocycles. The Morgan fingerprint density at radius 1 is 1.80 bits per heavy atom. The molecule has 0 unspecified atom stereocenters. The van der Waals surface area contributed by atoms with Crippen LogP contribution >= 0.6 is 8.61 Å². The highest BCUT2D eigenvalue weighted by Gasteiger charge is 1.52. The number of nitrogens with two attached hydrogens (primary N) is 1. The summed E-state index contributed by atoms with van der Waals surface area (Å²) in [5.41, 5.74) is 0. The Bertz CT molecular complexity index is 48.9. The van der Waals surface area contributed by atoms with E-state index in [1.54, 1.807) is 0 Å². The average Bonchev–Trinajstić information content (AvgIpc) is 1.41. The summed E-state index contributed by atoms with van der Waals surface area (Å²) in [4.78, 5) is 2.79. The van der Waals surface area contributed by atoms with Gasteiger partial charge in [0, 0.05) is 0 Å². The van der Waals surface area contributed by atoms with Crippen molar-refractivity contribution in [2.75, 3.05) is 0 Å². The van der Waals surface area contributed by atoms with Gasteiger partial charge in [0.1, 0.15) is 0 Å². The molecule has 0 amide bonds. The fourth-order valence-electron chi connectivity index (χ4n) is 0.0211. The van der Waals surface area contributed by atoms with Crippen LogP contribution in [0.15, 0.2) is 10.1 Å². The molecule has 5 heavy (non-hydrogen) atoms. The van der Waals surface area contributed by atoms with Crippen molar-refractivity contribution in [3.05, 3.63) is 0 Å². The van der Waals surface area contributed by atoms with Gasteiger partial charge in [0.05, 0.1) is 0 Å². The lowest BCUT2D eigenvalue weighted by molar-refractivity contribution is 0.598. The Kier molecular flexibility index (Phi) is 3.15. The number of nitrogens with zero attached hydrogens (tertiary/aromatic N) is 2. The summed E-state index contributed by atoms with van der Waals surface area (Å²) in [5.74, 6) is 4.39. The van der Waals surface area contributed by atoms with Gasteiger partial charge in [-0.25, -0.2) is 4.57 Å². The monoisotopic (exact) mass is 91.0 g/mol. The predicted octanol–water partition coefficient (Wildman–Crippen LogP) is 0.519. The van der Waals surface area contributed by atoms with Crippen LogP contribution in [0.3, 0.4) is 0 Å². The molecule has 0 saturated carbocycles. The van der Waals surface area contributed by atoms with E-state index >= 15 is 0 Å². The zero-order valence-electron chi connectivity index (χ0n) is 2.33. The zero-order chi connectivity index (χ0) is 4.12. The molecule has 0 aromatic heterocycles. The normalized spacial score (nSPS) is 10.4. The third kappa shape index (κ3) is 3.50. The van der Waals surface area contributed by atoms with E-state index in [4.69, 9.17) is 4.57 Å². The summed E-state index contributed by atoms with van der Waals surface area (Å²) in [7, 11) is -0.387. The smallest absolute Gasteiger partial charge is 0.304 e. The highest BCUT2D eigenvalue weighted by atomic mass is 31.1. The van der Waals surface area contributed by atoms with Crippen LogP contribution in [0.5, 0.6) is 0 Å². The van der Waals surface area contributed by atoms with Crippen LogP contribution in [-0.4, -0.2) is 0 Å². The van der Waals surface area contributed by atoms with Gasteiger partial charge in [-0.2, -0.15) is 0 Å². The molecule has 0 radical (unpaired) electrons. The molecule has 0 atom stereocenters. The molecule has 4 nitrogen and oxygen atoms in total. The van der Waals surface area contributed by atoms with Crippen LogP contribution in [-0.2, 0) is 4.57 Å². The van der Waals surface area contributed by atoms with E-state index in [0.29, 0.717) is 0 Å². The molecule has 0 aromatic rings. The maximum atomic E-state index is 9.16. The maximum absolute atomic E-state index is 9.16. The van der Waals surface area contributed by atoms with Gasteiger partial charge in [0.15, 0.2) is 0 Å². The van der Waals surface area contributed by atoms with Crippen molar-refractivity contribution >= 4 is 8.61 Å². The molecule has 2 N–H and O–H groups in total. The van der Waals surface area contributed by atoms with Gasteiger partial charge in [-0.1, -0.05) is 10.1 Å². The van der Waals surface area contributed by atoms with E-state index in [9.17, 15) is 0 Å².